The van der Waals surface area contributed by atoms with E-state index in [0.29, 0.717) is 10.8 Å². The van der Waals surface area contributed by atoms with E-state index in [1.54, 1.807) is 41.8 Å². The van der Waals surface area contributed by atoms with Crippen molar-refractivity contribution in [2.75, 3.05) is 0 Å². The van der Waals surface area contributed by atoms with Crippen LogP contribution in [-0.4, -0.2) is 21.9 Å². The van der Waals surface area contributed by atoms with Crippen LogP contribution in [0.2, 0.25) is 0 Å². The Bertz CT molecular complexity index is 972. The maximum atomic E-state index is 12.3. The molecular weight excluding hydrogens is 312 g/mol. The lowest BCUT2D eigenvalue weighted by molar-refractivity contribution is 0.0950. The minimum Gasteiger partial charge on any atom is -0.267 e. The molecule has 23 heavy (non-hydrogen) atoms. The van der Waals surface area contributed by atoms with Gasteiger partial charge in [-0.15, -0.1) is 11.3 Å². The molecule has 1 N–H and O–H groups in total. The maximum absolute atomic E-state index is 12.3. The molecule has 0 bridgehead atoms. The van der Waals surface area contributed by atoms with Crippen LogP contribution in [0.25, 0.3) is 10.8 Å². The molecule has 6 nitrogen and oxygen atoms in total. The van der Waals surface area contributed by atoms with Crippen molar-refractivity contribution in [1.29, 1.82) is 0 Å². The molecule has 0 saturated carbocycles. The van der Waals surface area contributed by atoms with Gasteiger partial charge in [0, 0.05) is 17.3 Å². The van der Waals surface area contributed by atoms with E-state index in [1.165, 1.54) is 7.05 Å². The lowest BCUT2D eigenvalue weighted by atomic mass is 10.1. The standard InChI is InChI=1S/C16H14N4O2S/c1-10-7-8-23-13(10)9-17-18-15(21)14-11-5-3-4-6-12(11)16(22)20(2)19-14/h3-9H,1-2H3,(H,18,21)/b17-9+. The minimum absolute atomic E-state index is 0.169. The summed E-state index contributed by atoms with van der Waals surface area (Å²) in [5, 5.41) is 10.9. The van der Waals surface area contributed by atoms with Crippen molar-refractivity contribution < 1.29 is 4.79 Å². The summed E-state index contributed by atoms with van der Waals surface area (Å²) < 4.78 is 1.16. The van der Waals surface area contributed by atoms with Gasteiger partial charge in [0.2, 0.25) is 0 Å². The molecule has 0 unspecified atom stereocenters. The van der Waals surface area contributed by atoms with Crippen molar-refractivity contribution in [3.63, 3.8) is 0 Å². The molecule has 1 amide bonds. The largest absolute Gasteiger partial charge is 0.292 e. The van der Waals surface area contributed by atoms with E-state index in [-0.39, 0.29) is 11.3 Å². The van der Waals surface area contributed by atoms with Gasteiger partial charge < -0.3 is 0 Å². The third-order valence-corrected chi connectivity index (χ3v) is 4.37. The molecule has 0 atom stereocenters. The molecule has 0 aliphatic heterocycles. The Hall–Kier alpha value is -2.80. The third kappa shape index (κ3) is 2.91. The van der Waals surface area contributed by atoms with Crippen molar-refractivity contribution >= 4 is 34.2 Å². The second-order valence-electron chi connectivity index (χ2n) is 4.99. The first-order valence-electron chi connectivity index (χ1n) is 6.91. The van der Waals surface area contributed by atoms with E-state index in [2.05, 4.69) is 15.6 Å². The summed E-state index contributed by atoms with van der Waals surface area (Å²) in [6.07, 6.45) is 1.60. The summed E-state index contributed by atoms with van der Waals surface area (Å²) in [7, 11) is 1.52. The molecule has 2 heterocycles. The molecule has 116 valence electrons. The Labute approximate surface area is 136 Å². The molecular formula is C16H14N4O2S. The lowest BCUT2D eigenvalue weighted by Crippen LogP contribution is -2.27. The van der Waals surface area contributed by atoms with Crippen LogP contribution in [0, 0.1) is 6.92 Å². The highest BCUT2D eigenvalue weighted by Crippen LogP contribution is 2.14. The van der Waals surface area contributed by atoms with Crippen molar-refractivity contribution in [3.8, 4) is 0 Å². The molecule has 0 spiro atoms. The summed E-state index contributed by atoms with van der Waals surface area (Å²) in [6.45, 7) is 1.97. The predicted octanol–water partition coefficient (Wildman–Crippen LogP) is 2.07. The fraction of sp³-hybridized carbons (Fsp3) is 0.125. The predicted molar refractivity (Wildman–Crippen MR) is 91.1 cm³/mol. The van der Waals surface area contributed by atoms with Crippen LogP contribution in [0.3, 0.4) is 0 Å². The van der Waals surface area contributed by atoms with Gasteiger partial charge in [-0.2, -0.15) is 10.2 Å². The first-order chi connectivity index (χ1) is 11.1. The van der Waals surface area contributed by atoms with Gasteiger partial charge in [0.1, 0.15) is 0 Å². The van der Waals surface area contributed by atoms with Gasteiger partial charge >= 0.3 is 0 Å². The average molecular weight is 326 g/mol. The fourth-order valence-corrected chi connectivity index (χ4v) is 2.97. The number of thiophene rings is 1. The van der Waals surface area contributed by atoms with Crippen LogP contribution in [0.4, 0.5) is 0 Å². The number of aromatic nitrogens is 2. The molecule has 1 aromatic carbocycles. The number of amides is 1. The van der Waals surface area contributed by atoms with Crippen molar-refractivity contribution in [2.24, 2.45) is 12.1 Å². The number of hydrogen-bond donors (Lipinski definition) is 1. The normalized spacial score (nSPS) is 11.2. The number of nitrogens with one attached hydrogen (secondary N) is 1. The average Bonchev–Trinajstić information content (AvgIpc) is 2.96. The summed E-state index contributed by atoms with van der Waals surface area (Å²) >= 11 is 1.54. The SMILES string of the molecule is Cc1ccsc1/C=N/NC(=O)c1nn(C)c(=O)c2ccccc12. The van der Waals surface area contributed by atoms with Crippen molar-refractivity contribution in [3.05, 3.63) is 62.2 Å². The van der Waals surface area contributed by atoms with E-state index in [1.807, 2.05) is 18.4 Å². The quantitative estimate of drug-likeness (QED) is 0.591. The highest BCUT2D eigenvalue weighted by molar-refractivity contribution is 7.11. The number of rotatable bonds is 3. The Morgan fingerprint density at radius 2 is 2.04 bits per heavy atom. The summed E-state index contributed by atoms with van der Waals surface area (Å²) in [6, 6.07) is 8.87. The maximum Gasteiger partial charge on any atom is 0.292 e. The first kappa shape index (κ1) is 15.1. The van der Waals surface area contributed by atoms with E-state index in [9.17, 15) is 9.59 Å². The Balaban J connectivity index is 1.93. The van der Waals surface area contributed by atoms with Crippen LogP contribution in [0.5, 0.6) is 0 Å². The van der Waals surface area contributed by atoms with Crippen LogP contribution in [0.1, 0.15) is 20.9 Å². The Morgan fingerprint density at radius 3 is 2.74 bits per heavy atom. The fourth-order valence-electron chi connectivity index (χ4n) is 2.19. The monoisotopic (exact) mass is 326 g/mol. The number of hydrazone groups is 1. The number of nitrogens with zero attached hydrogens (tertiary/aromatic N) is 3. The Kier molecular flexibility index (Phi) is 4.03. The lowest BCUT2D eigenvalue weighted by Gasteiger charge is -2.06. The van der Waals surface area contributed by atoms with E-state index < -0.39 is 5.91 Å². The second kappa shape index (κ2) is 6.13. The van der Waals surface area contributed by atoms with Crippen LogP contribution >= 0.6 is 11.3 Å². The van der Waals surface area contributed by atoms with Crippen LogP contribution in [0.15, 0.2) is 45.6 Å². The highest BCUT2D eigenvalue weighted by atomic mass is 32.1. The molecule has 0 aliphatic rings. The topological polar surface area (TPSA) is 76.3 Å². The molecule has 3 aromatic rings. The number of benzene rings is 1. The number of hydrogen-bond acceptors (Lipinski definition) is 5. The van der Waals surface area contributed by atoms with Gasteiger partial charge in [0.05, 0.1) is 11.6 Å². The highest BCUT2D eigenvalue weighted by Gasteiger charge is 2.14. The van der Waals surface area contributed by atoms with Gasteiger partial charge in [-0.25, -0.2) is 10.1 Å². The van der Waals surface area contributed by atoms with Crippen LogP contribution < -0.4 is 11.0 Å². The zero-order valence-electron chi connectivity index (χ0n) is 12.6. The van der Waals surface area contributed by atoms with Gasteiger partial charge in [-0.1, -0.05) is 18.2 Å². The third-order valence-electron chi connectivity index (χ3n) is 3.42. The zero-order valence-corrected chi connectivity index (χ0v) is 13.4. The summed E-state index contributed by atoms with van der Waals surface area (Å²) in [5.74, 6) is -0.456. The molecule has 0 aliphatic carbocycles. The first-order valence-corrected chi connectivity index (χ1v) is 7.79. The van der Waals surface area contributed by atoms with Gasteiger partial charge in [0.25, 0.3) is 11.5 Å². The molecule has 0 fully saturated rings. The van der Waals surface area contributed by atoms with E-state index in [4.69, 9.17) is 0 Å². The Morgan fingerprint density at radius 1 is 1.30 bits per heavy atom. The minimum atomic E-state index is -0.456. The smallest absolute Gasteiger partial charge is 0.267 e. The number of aryl methyl sites for hydroxylation is 2. The molecule has 7 heteroatoms. The molecule has 0 radical (unpaired) electrons. The molecule has 3 rings (SSSR count). The van der Waals surface area contributed by atoms with E-state index >= 15 is 0 Å². The zero-order chi connectivity index (χ0) is 16.4. The summed E-state index contributed by atoms with van der Waals surface area (Å²) in [4.78, 5) is 25.4. The van der Waals surface area contributed by atoms with Crippen LogP contribution in [-0.2, 0) is 7.05 Å². The van der Waals surface area contributed by atoms with Gasteiger partial charge in [0.15, 0.2) is 5.69 Å². The number of carbonyl (C=O) groups is 1. The molecule has 0 saturated heterocycles. The van der Waals surface area contributed by atoms with E-state index in [0.717, 1.165) is 15.1 Å². The number of fused-ring (bicyclic) bond motifs is 1. The van der Waals surface area contributed by atoms with Crippen molar-refractivity contribution in [1.82, 2.24) is 15.2 Å². The van der Waals surface area contributed by atoms with Crippen molar-refractivity contribution in [2.45, 2.75) is 6.92 Å². The molecule has 2 aromatic heterocycles. The second-order valence-corrected chi connectivity index (χ2v) is 5.94. The number of carbonyl (C=O) groups excluding carboxylic acids is 1. The van der Waals surface area contributed by atoms with Gasteiger partial charge in [-0.05, 0) is 30.0 Å². The summed E-state index contributed by atoms with van der Waals surface area (Å²) in [5.41, 5.74) is 3.49. The van der Waals surface area contributed by atoms with Gasteiger partial charge in [-0.3, -0.25) is 9.59 Å².